The third-order valence-corrected chi connectivity index (χ3v) is 3.97. The van der Waals surface area contributed by atoms with Crippen LogP contribution in [0.1, 0.15) is 24.9 Å². The van der Waals surface area contributed by atoms with Crippen molar-refractivity contribution in [2.75, 3.05) is 39.3 Å². The van der Waals surface area contributed by atoms with Crippen molar-refractivity contribution in [3.63, 3.8) is 0 Å². The van der Waals surface area contributed by atoms with Crippen LogP contribution in [0.15, 0.2) is 24.3 Å². The lowest BCUT2D eigenvalue weighted by atomic mass is 10.0. The molecule has 0 bridgehead atoms. The minimum Gasteiger partial charge on any atom is -0.324 e. The minimum absolute atomic E-state index is 0.189. The standard InChI is InChI=1S/C15H24FN3/c1-2-18-9-11-19(12-10-18)8-7-15(17)13-5-3-4-6-14(13)16/h3-6,15H,2,7-12,17H2,1H3. The highest BCUT2D eigenvalue weighted by atomic mass is 19.1. The van der Waals surface area contributed by atoms with Gasteiger partial charge in [0.05, 0.1) is 0 Å². The molecular weight excluding hydrogens is 241 g/mol. The summed E-state index contributed by atoms with van der Waals surface area (Å²) in [6.07, 6.45) is 0.813. The molecule has 2 N–H and O–H groups in total. The van der Waals surface area contributed by atoms with Crippen LogP contribution in [-0.2, 0) is 0 Å². The highest BCUT2D eigenvalue weighted by Gasteiger charge is 2.17. The van der Waals surface area contributed by atoms with Gasteiger partial charge in [0.2, 0.25) is 0 Å². The van der Waals surface area contributed by atoms with Gasteiger partial charge in [-0.15, -0.1) is 0 Å². The van der Waals surface area contributed by atoms with Gasteiger partial charge in [-0.2, -0.15) is 0 Å². The van der Waals surface area contributed by atoms with Crippen LogP contribution < -0.4 is 5.73 Å². The van der Waals surface area contributed by atoms with E-state index in [1.807, 2.05) is 6.07 Å². The van der Waals surface area contributed by atoms with Gasteiger partial charge in [-0.05, 0) is 19.0 Å². The Kier molecular flexibility index (Phi) is 5.31. The molecule has 3 nitrogen and oxygen atoms in total. The van der Waals surface area contributed by atoms with E-state index in [4.69, 9.17) is 5.73 Å². The molecule has 1 saturated heterocycles. The van der Waals surface area contributed by atoms with Crippen LogP contribution in [0.5, 0.6) is 0 Å². The first-order valence-electron chi connectivity index (χ1n) is 7.15. The smallest absolute Gasteiger partial charge is 0.127 e. The monoisotopic (exact) mass is 265 g/mol. The molecule has 1 atom stereocenters. The molecule has 0 radical (unpaired) electrons. The number of hydrogen-bond acceptors (Lipinski definition) is 3. The Bertz CT molecular complexity index is 389. The average molecular weight is 265 g/mol. The average Bonchev–Trinajstić information content (AvgIpc) is 2.46. The number of benzene rings is 1. The van der Waals surface area contributed by atoms with Crippen LogP contribution in [0.25, 0.3) is 0 Å². The van der Waals surface area contributed by atoms with Gasteiger partial charge in [0.25, 0.3) is 0 Å². The maximum atomic E-state index is 13.6. The van der Waals surface area contributed by atoms with E-state index in [0.29, 0.717) is 5.56 Å². The molecule has 0 spiro atoms. The second-order valence-corrected chi connectivity index (χ2v) is 5.19. The molecule has 1 aliphatic heterocycles. The van der Waals surface area contributed by atoms with Gasteiger partial charge in [0.15, 0.2) is 0 Å². The molecule has 1 unspecified atom stereocenters. The molecule has 106 valence electrons. The highest BCUT2D eigenvalue weighted by Crippen LogP contribution is 2.18. The molecule has 0 amide bonds. The fourth-order valence-corrected chi connectivity index (χ4v) is 2.58. The summed E-state index contributed by atoms with van der Waals surface area (Å²) in [4.78, 5) is 4.88. The van der Waals surface area contributed by atoms with Gasteiger partial charge in [0.1, 0.15) is 5.82 Å². The first kappa shape index (κ1) is 14.4. The van der Waals surface area contributed by atoms with Gasteiger partial charge in [-0.25, -0.2) is 4.39 Å². The molecule has 2 rings (SSSR count). The molecule has 1 aromatic rings. The van der Waals surface area contributed by atoms with E-state index in [-0.39, 0.29) is 11.9 Å². The molecule has 1 aromatic carbocycles. The zero-order chi connectivity index (χ0) is 13.7. The maximum Gasteiger partial charge on any atom is 0.127 e. The van der Waals surface area contributed by atoms with E-state index >= 15 is 0 Å². The van der Waals surface area contributed by atoms with E-state index in [1.165, 1.54) is 6.07 Å². The Morgan fingerprint density at radius 2 is 1.79 bits per heavy atom. The Labute approximate surface area is 115 Å². The van der Waals surface area contributed by atoms with Crippen LogP contribution in [0.4, 0.5) is 4.39 Å². The van der Waals surface area contributed by atoms with Gasteiger partial charge in [-0.3, -0.25) is 0 Å². The first-order valence-corrected chi connectivity index (χ1v) is 7.15. The van der Waals surface area contributed by atoms with Crippen LogP contribution in [0.3, 0.4) is 0 Å². The van der Waals surface area contributed by atoms with Crippen LogP contribution in [-0.4, -0.2) is 49.1 Å². The molecule has 1 fully saturated rings. The van der Waals surface area contributed by atoms with Crippen molar-refractivity contribution in [3.05, 3.63) is 35.6 Å². The largest absolute Gasteiger partial charge is 0.324 e. The Balaban J connectivity index is 1.78. The Morgan fingerprint density at radius 1 is 1.16 bits per heavy atom. The summed E-state index contributed by atoms with van der Waals surface area (Å²) in [6.45, 7) is 8.73. The van der Waals surface area contributed by atoms with E-state index in [2.05, 4.69) is 16.7 Å². The fraction of sp³-hybridized carbons (Fsp3) is 0.600. The molecule has 0 aromatic heterocycles. The zero-order valence-electron chi connectivity index (χ0n) is 11.7. The predicted molar refractivity (Wildman–Crippen MR) is 76.5 cm³/mol. The minimum atomic E-state index is -0.203. The molecule has 0 saturated carbocycles. The lowest BCUT2D eigenvalue weighted by Crippen LogP contribution is -2.46. The van der Waals surface area contributed by atoms with Crippen molar-refractivity contribution in [1.82, 2.24) is 9.80 Å². The second-order valence-electron chi connectivity index (χ2n) is 5.19. The number of halogens is 1. The number of piperazine rings is 1. The summed E-state index contributed by atoms with van der Waals surface area (Å²) in [5.41, 5.74) is 6.72. The number of hydrogen-bond donors (Lipinski definition) is 1. The summed E-state index contributed by atoms with van der Waals surface area (Å²) < 4.78 is 13.6. The van der Waals surface area contributed by atoms with Crippen molar-refractivity contribution in [2.45, 2.75) is 19.4 Å². The van der Waals surface area contributed by atoms with Gasteiger partial charge in [-0.1, -0.05) is 25.1 Å². The van der Waals surface area contributed by atoms with E-state index in [0.717, 1.165) is 45.7 Å². The molecule has 4 heteroatoms. The summed E-state index contributed by atoms with van der Waals surface area (Å²) in [7, 11) is 0. The zero-order valence-corrected chi connectivity index (χ0v) is 11.7. The van der Waals surface area contributed by atoms with E-state index in [1.54, 1.807) is 12.1 Å². The highest BCUT2D eigenvalue weighted by molar-refractivity contribution is 5.20. The third kappa shape index (κ3) is 4.00. The summed E-state index contributed by atoms with van der Waals surface area (Å²) in [6, 6.07) is 6.61. The van der Waals surface area contributed by atoms with Crippen molar-refractivity contribution in [1.29, 1.82) is 0 Å². The molecule has 1 aliphatic rings. The van der Waals surface area contributed by atoms with Crippen LogP contribution >= 0.6 is 0 Å². The maximum absolute atomic E-state index is 13.6. The fourth-order valence-electron chi connectivity index (χ4n) is 2.58. The van der Waals surface area contributed by atoms with Crippen LogP contribution in [0, 0.1) is 5.82 Å². The van der Waals surface area contributed by atoms with E-state index < -0.39 is 0 Å². The second kappa shape index (κ2) is 6.98. The molecule has 19 heavy (non-hydrogen) atoms. The van der Waals surface area contributed by atoms with Crippen molar-refractivity contribution in [3.8, 4) is 0 Å². The number of rotatable bonds is 5. The Hall–Kier alpha value is -0.970. The van der Waals surface area contributed by atoms with E-state index in [9.17, 15) is 4.39 Å². The number of nitrogens with zero attached hydrogens (tertiary/aromatic N) is 2. The van der Waals surface area contributed by atoms with Crippen molar-refractivity contribution >= 4 is 0 Å². The quantitative estimate of drug-likeness (QED) is 0.882. The molecule has 1 heterocycles. The van der Waals surface area contributed by atoms with Gasteiger partial charge < -0.3 is 15.5 Å². The number of nitrogens with two attached hydrogens (primary N) is 1. The van der Waals surface area contributed by atoms with Crippen molar-refractivity contribution in [2.24, 2.45) is 5.73 Å². The SMILES string of the molecule is CCN1CCN(CCC(N)c2ccccc2F)CC1. The molecular formula is C15H24FN3. The first-order chi connectivity index (χ1) is 9.20. The van der Waals surface area contributed by atoms with Gasteiger partial charge in [0, 0.05) is 44.3 Å². The summed E-state index contributed by atoms with van der Waals surface area (Å²) >= 11 is 0. The predicted octanol–water partition coefficient (Wildman–Crippen LogP) is 1.85. The number of likely N-dealkylation sites (N-methyl/N-ethyl adjacent to an activating group) is 1. The van der Waals surface area contributed by atoms with Gasteiger partial charge >= 0.3 is 0 Å². The lowest BCUT2D eigenvalue weighted by Gasteiger charge is -2.34. The Morgan fingerprint density at radius 3 is 2.42 bits per heavy atom. The normalized spacial score (nSPS) is 19.5. The van der Waals surface area contributed by atoms with Crippen molar-refractivity contribution < 1.29 is 4.39 Å². The topological polar surface area (TPSA) is 32.5 Å². The summed E-state index contributed by atoms with van der Waals surface area (Å²) in [5, 5.41) is 0. The molecule has 0 aliphatic carbocycles. The van der Waals surface area contributed by atoms with Crippen LogP contribution in [0.2, 0.25) is 0 Å². The third-order valence-electron chi connectivity index (χ3n) is 3.97. The summed E-state index contributed by atoms with van der Waals surface area (Å²) in [5.74, 6) is -0.189. The lowest BCUT2D eigenvalue weighted by molar-refractivity contribution is 0.134.